The van der Waals surface area contributed by atoms with Gasteiger partial charge >= 0.3 is 6.03 Å². The summed E-state index contributed by atoms with van der Waals surface area (Å²) < 4.78 is 13.0. The molecule has 0 aliphatic carbocycles. The van der Waals surface area contributed by atoms with Crippen LogP contribution in [0.2, 0.25) is 0 Å². The van der Waals surface area contributed by atoms with E-state index in [-0.39, 0.29) is 6.03 Å². The molecule has 0 radical (unpaired) electrons. The van der Waals surface area contributed by atoms with Crippen LogP contribution in [0.3, 0.4) is 0 Å². The van der Waals surface area contributed by atoms with Crippen LogP contribution < -0.4 is 14.8 Å². The zero-order valence-electron chi connectivity index (χ0n) is 19.1. The smallest absolute Gasteiger partial charge is 0.326 e. The Kier molecular flexibility index (Phi) is 6.70. The van der Waals surface area contributed by atoms with Crippen molar-refractivity contribution in [3.8, 4) is 22.8 Å². The average molecular weight is 468 g/mol. The lowest BCUT2D eigenvalue weighted by atomic mass is 10.1. The number of nitrogens with zero attached hydrogens (tertiary/aromatic N) is 3. The molecular weight excluding hydrogens is 442 g/mol. The maximum Gasteiger partial charge on any atom is 0.326 e. The first-order valence-electron chi connectivity index (χ1n) is 11.4. The van der Waals surface area contributed by atoms with E-state index in [9.17, 15) is 4.79 Å². The molecule has 2 N–H and O–H groups in total. The van der Waals surface area contributed by atoms with Crippen molar-refractivity contribution >= 4 is 16.9 Å². The molecule has 0 atom stereocenters. The molecule has 0 aliphatic rings. The Hall–Kier alpha value is -4.59. The Bertz CT molecular complexity index is 1390. The van der Waals surface area contributed by atoms with Gasteiger partial charge in [0.1, 0.15) is 24.4 Å². The van der Waals surface area contributed by atoms with E-state index in [0.717, 1.165) is 33.5 Å². The Morgan fingerprint density at radius 3 is 2.66 bits per heavy atom. The van der Waals surface area contributed by atoms with E-state index >= 15 is 0 Å². The van der Waals surface area contributed by atoms with Gasteiger partial charge in [-0.3, -0.25) is 9.67 Å². The Morgan fingerprint density at radius 2 is 1.80 bits per heavy atom. The van der Waals surface area contributed by atoms with E-state index < -0.39 is 0 Å². The quantitative estimate of drug-likeness (QED) is 0.297. The van der Waals surface area contributed by atoms with Crippen molar-refractivity contribution in [3.63, 3.8) is 0 Å². The van der Waals surface area contributed by atoms with E-state index in [1.165, 1.54) is 10.9 Å². The number of hydrogen-bond donors (Lipinski definition) is 2. The van der Waals surface area contributed by atoms with Crippen molar-refractivity contribution in [1.82, 2.24) is 25.1 Å². The first-order chi connectivity index (χ1) is 17.2. The monoisotopic (exact) mass is 467 g/mol. The van der Waals surface area contributed by atoms with Crippen LogP contribution in [0, 0.1) is 0 Å². The van der Waals surface area contributed by atoms with Crippen LogP contribution in [0.4, 0.5) is 4.79 Å². The first kappa shape index (κ1) is 22.2. The Labute approximate surface area is 202 Å². The number of amides is 1. The van der Waals surface area contributed by atoms with Crippen molar-refractivity contribution in [1.29, 1.82) is 0 Å². The van der Waals surface area contributed by atoms with Crippen molar-refractivity contribution in [2.45, 2.75) is 13.0 Å². The number of imidazole rings is 1. The number of nitrogens with one attached hydrogen (secondary N) is 2. The minimum absolute atomic E-state index is 0.224. The van der Waals surface area contributed by atoms with Gasteiger partial charge in [0, 0.05) is 23.7 Å². The summed E-state index contributed by atoms with van der Waals surface area (Å²) in [6.45, 7) is 1.50. The maximum atomic E-state index is 12.4. The topological polar surface area (TPSA) is 94.1 Å². The van der Waals surface area contributed by atoms with Crippen molar-refractivity contribution < 1.29 is 14.3 Å². The van der Waals surface area contributed by atoms with Crippen LogP contribution in [0.15, 0.2) is 91.5 Å². The number of para-hydroxylation sites is 1. The largest absolute Gasteiger partial charge is 0.494 e. The number of fused-ring (bicyclic) bond motifs is 1. The van der Waals surface area contributed by atoms with Crippen molar-refractivity contribution in [2.75, 3.05) is 13.2 Å². The summed E-state index contributed by atoms with van der Waals surface area (Å²) in [6.07, 6.45) is 5.73. The average Bonchev–Trinajstić information content (AvgIpc) is 3.58. The van der Waals surface area contributed by atoms with Gasteiger partial charge in [0.2, 0.25) is 0 Å². The molecule has 5 aromatic rings. The third-order valence-corrected chi connectivity index (χ3v) is 5.49. The summed E-state index contributed by atoms with van der Waals surface area (Å²) in [5.41, 5.74) is 3.66. The molecule has 176 valence electrons. The highest BCUT2D eigenvalue weighted by atomic mass is 16.5. The van der Waals surface area contributed by atoms with Gasteiger partial charge < -0.3 is 14.8 Å². The second-order valence-corrected chi connectivity index (χ2v) is 8.02. The molecular formula is C27H25N5O3. The molecule has 35 heavy (non-hydrogen) atoms. The highest BCUT2D eigenvalue weighted by Crippen LogP contribution is 2.22. The van der Waals surface area contributed by atoms with E-state index in [2.05, 4.69) is 20.5 Å². The molecule has 0 spiro atoms. The lowest BCUT2D eigenvalue weighted by Gasteiger charge is -2.07. The van der Waals surface area contributed by atoms with Gasteiger partial charge in [-0.15, -0.1) is 0 Å². The number of benzene rings is 3. The minimum Gasteiger partial charge on any atom is -0.494 e. The lowest BCUT2D eigenvalue weighted by molar-refractivity contribution is 0.240. The molecule has 3 aromatic carbocycles. The number of rotatable bonds is 9. The normalized spacial score (nSPS) is 10.9. The van der Waals surface area contributed by atoms with Gasteiger partial charge in [-0.05, 0) is 54.4 Å². The zero-order valence-corrected chi connectivity index (χ0v) is 19.1. The molecule has 1 amide bonds. The molecule has 8 nitrogen and oxygen atoms in total. The van der Waals surface area contributed by atoms with Gasteiger partial charge in [0.05, 0.1) is 24.0 Å². The number of aromatic nitrogens is 4. The molecule has 5 rings (SSSR count). The number of carbonyl (C=O) groups is 1. The Morgan fingerprint density at radius 1 is 0.971 bits per heavy atom. The van der Waals surface area contributed by atoms with Gasteiger partial charge in [-0.1, -0.05) is 30.3 Å². The number of H-pyrrole nitrogens is 1. The lowest BCUT2D eigenvalue weighted by Crippen LogP contribution is -2.29. The molecule has 0 aliphatic heterocycles. The number of aromatic amines is 1. The fourth-order valence-corrected chi connectivity index (χ4v) is 3.61. The van der Waals surface area contributed by atoms with Gasteiger partial charge in [-0.25, -0.2) is 9.78 Å². The SMILES string of the molecule is O=C(NCCCOc1ccccc1)n1cnc(-c2ccc(OCc3ccc4cn[nH]c4c3)cc2)c1. The molecule has 2 aromatic heterocycles. The fourth-order valence-electron chi connectivity index (χ4n) is 3.61. The highest BCUT2D eigenvalue weighted by molar-refractivity contribution is 5.78. The highest BCUT2D eigenvalue weighted by Gasteiger charge is 2.08. The van der Waals surface area contributed by atoms with Gasteiger partial charge in [-0.2, -0.15) is 5.10 Å². The molecule has 8 heteroatoms. The van der Waals surface area contributed by atoms with Crippen LogP contribution in [-0.2, 0) is 6.61 Å². The number of ether oxygens (including phenoxy) is 2. The summed E-state index contributed by atoms with van der Waals surface area (Å²) >= 11 is 0. The standard InChI is InChI=1S/C27H25N5O3/c33-27(28-13-4-14-34-23-5-2-1-3-6-23)32-17-26(29-19-32)21-9-11-24(12-10-21)35-18-20-7-8-22-16-30-31-25(22)15-20/h1-3,5-12,15-17,19H,4,13-14,18H2,(H,28,33)(H,30,31). The molecule has 0 fully saturated rings. The zero-order chi connectivity index (χ0) is 23.9. The first-order valence-corrected chi connectivity index (χ1v) is 11.4. The molecule has 2 heterocycles. The van der Waals surface area contributed by atoms with Gasteiger partial charge in [0.15, 0.2) is 0 Å². The predicted octanol–water partition coefficient (Wildman–Crippen LogP) is 5.03. The summed E-state index contributed by atoms with van der Waals surface area (Å²) in [6, 6.07) is 23.1. The Balaban J connectivity index is 1.09. The van der Waals surface area contributed by atoms with Crippen LogP contribution in [0.5, 0.6) is 11.5 Å². The number of carbonyl (C=O) groups excluding carboxylic acids is 1. The van der Waals surface area contributed by atoms with Crippen LogP contribution in [0.1, 0.15) is 12.0 Å². The van der Waals surface area contributed by atoms with Crippen molar-refractivity contribution in [2.24, 2.45) is 0 Å². The van der Waals surface area contributed by atoms with E-state index in [1.54, 1.807) is 12.4 Å². The second kappa shape index (κ2) is 10.6. The molecule has 0 bridgehead atoms. The minimum atomic E-state index is -0.224. The van der Waals surface area contributed by atoms with Crippen LogP contribution in [0.25, 0.3) is 22.2 Å². The van der Waals surface area contributed by atoms with Crippen LogP contribution in [-0.4, -0.2) is 38.9 Å². The van der Waals surface area contributed by atoms with E-state index in [0.29, 0.717) is 31.9 Å². The predicted molar refractivity (Wildman–Crippen MR) is 133 cm³/mol. The maximum absolute atomic E-state index is 12.4. The third kappa shape index (κ3) is 5.67. The van der Waals surface area contributed by atoms with E-state index in [4.69, 9.17) is 9.47 Å². The summed E-state index contributed by atoms with van der Waals surface area (Å²) in [4.78, 5) is 16.8. The molecule has 0 saturated heterocycles. The van der Waals surface area contributed by atoms with Crippen molar-refractivity contribution in [3.05, 3.63) is 97.1 Å². The summed E-state index contributed by atoms with van der Waals surface area (Å²) in [5, 5.41) is 11.0. The van der Waals surface area contributed by atoms with Gasteiger partial charge in [0.25, 0.3) is 0 Å². The number of hydrogen-bond acceptors (Lipinski definition) is 5. The molecule has 0 unspecified atom stereocenters. The fraction of sp³-hybridized carbons (Fsp3) is 0.148. The summed E-state index contributed by atoms with van der Waals surface area (Å²) in [7, 11) is 0. The van der Waals surface area contributed by atoms with Crippen LogP contribution >= 0.6 is 0 Å². The van der Waals surface area contributed by atoms with E-state index in [1.807, 2.05) is 72.8 Å². The molecule has 0 saturated carbocycles. The second-order valence-electron chi connectivity index (χ2n) is 8.02. The third-order valence-electron chi connectivity index (χ3n) is 5.49. The summed E-state index contributed by atoms with van der Waals surface area (Å²) in [5.74, 6) is 1.58.